The lowest BCUT2D eigenvalue weighted by Gasteiger charge is -2.20. The van der Waals surface area contributed by atoms with E-state index in [-0.39, 0.29) is 11.2 Å². The number of hydrogen-bond acceptors (Lipinski definition) is 6. The number of carbonyl (C=O) groups is 1. The van der Waals surface area contributed by atoms with Crippen LogP contribution < -0.4 is 0 Å². The zero-order chi connectivity index (χ0) is 18.0. The van der Waals surface area contributed by atoms with Crippen molar-refractivity contribution in [2.24, 2.45) is 5.92 Å². The first-order valence-corrected chi connectivity index (χ1v) is 10.2. The lowest BCUT2D eigenvalue weighted by atomic mass is 9.89. The van der Waals surface area contributed by atoms with E-state index in [0.29, 0.717) is 13.0 Å². The van der Waals surface area contributed by atoms with Crippen LogP contribution in [0.15, 0.2) is 11.4 Å². The highest BCUT2D eigenvalue weighted by Gasteiger charge is 2.25. The van der Waals surface area contributed by atoms with Gasteiger partial charge in [0.05, 0.1) is 17.7 Å². The number of rotatable bonds is 5. The molecule has 0 N–H and O–H groups in total. The van der Waals surface area contributed by atoms with Gasteiger partial charge in [0.2, 0.25) is 5.91 Å². The fourth-order valence-electron chi connectivity index (χ4n) is 3.19. The Balaban J connectivity index is 1.84. The molecule has 2 aromatic rings. The predicted molar refractivity (Wildman–Crippen MR) is 102 cm³/mol. The Morgan fingerprint density at radius 1 is 1.56 bits per heavy atom. The van der Waals surface area contributed by atoms with Crippen LogP contribution in [-0.4, -0.2) is 39.6 Å². The van der Waals surface area contributed by atoms with E-state index < -0.39 is 0 Å². The Kier molecular flexibility index (Phi) is 5.60. The molecule has 0 saturated heterocycles. The van der Waals surface area contributed by atoms with Gasteiger partial charge in [-0.15, -0.1) is 11.3 Å². The summed E-state index contributed by atoms with van der Waals surface area (Å²) in [4.78, 5) is 25.6. The summed E-state index contributed by atoms with van der Waals surface area (Å²) in [5.41, 5.74) is 1.39. The van der Waals surface area contributed by atoms with E-state index in [1.807, 2.05) is 6.92 Å². The topological polar surface area (TPSA) is 69.9 Å². The molecule has 7 heteroatoms. The van der Waals surface area contributed by atoms with Crippen LogP contribution in [0.2, 0.25) is 0 Å². The molecule has 0 radical (unpaired) electrons. The van der Waals surface area contributed by atoms with Gasteiger partial charge in [-0.3, -0.25) is 4.79 Å². The van der Waals surface area contributed by atoms with Crippen molar-refractivity contribution < 1.29 is 4.79 Å². The van der Waals surface area contributed by atoms with Crippen molar-refractivity contribution in [2.45, 2.75) is 49.8 Å². The number of fused-ring (bicyclic) bond motifs is 3. The Labute approximate surface area is 156 Å². The number of nitriles is 1. The predicted octanol–water partition coefficient (Wildman–Crippen LogP) is 3.67. The van der Waals surface area contributed by atoms with Crippen LogP contribution in [0.5, 0.6) is 0 Å². The quantitative estimate of drug-likeness (QED) is 0.590. The summed E-state index contributed by atoms with van der Waals surface area (Å²) in [6.07, 6.45) is 5.34. The van der Waals surface area contributed by atoms with E-state index >= 15 is 0 Å². The maximum atomic E-state index is 12.5. The van der Waals surface area contributed by atoms with Crippen molar-refractivity contribution in [3.8, 4) is 6.07 Å². The molecule has 1 aliphatic carbocycles. The Morgan fingerprint density at radius 2 is 2.36 bits per heavy atom. The van der Waals surface area contributed by atoms with Gasteiger partial charge >= 0.3 is 0 Å². The van der Waals surface area contributed by atoms with E-state index in [9.17, 15) is 4.79 Å². The van der Waals surface area contributed by atoms with E-state index in [0.717, 1.165) is 34.0 Å². The fourth-order valence-corrected chi connectivity index (χ4v) is 5.67. The number of amides is 1. The molecule has 0 aromatic carbocycles. The summed E-state index contributed by atoms with van der Waals surface area (Å²) < 4.78 is 0. The molecule has 2 atom stereocenters. The molecule has 0 spiro atoms. The second-order valence-electron chi connectivity index (χ2n) is 6.64. The van der Waals surface area contributed by atoms with Crippen molar-refractivity contribution >= 4 is 39.2 Å². The number of thioether (sulfide) groups is 1. The average Bonchev–Trinajstić information content (AvgIpc) is 2.97. The third-order valence-corrected chi connectivity index (χ3v) is 6.88. The number of aromatic nitrogens is 2. The summed E-state index contributed by atoms with van der Waals surface area (Å²) in [6, 6.07) is 2.08. The Morgan fingerprint density at radius 3 is 3.12 bits per heavy atom. The van der Waals surface area contributed by atoms with Crippen molar-refractivity contribution in [1.82, 2.24) is 14.9 Å². The summed E-state index contributed by atoms with van der Waals surface area (Å²) in [7, 11) is 1.75. The van der Waals surface area contributed by atoms with Crippen LogP contribution in [0.3, 0.4) is 0 Å². The molecule has 0 bridgehead atoms. The largest absolute Gasteiger partial charge is 0.344 e. The summed E-state index contributed by atoms with van der Waals surface area (Å²) >= 11 is 3.28. The van der Waals surface area contributed by atoms with Gasteiger partial charge in [0.1, 0.15) is 16.2 Å². The molecule has 1 aliphatic rings. The van der Waals surface area contributed by atoms with Crippen LogP contribution in [0.4, 0.5) is 0 Å². The lowest BCUT2D eigenvalue weighted by molar-refractivity contribution is -0.128. The summed E-state index contributed by atoms with van der Waals surface area (Å²) in [5, 5.41) is 10.5. The van der Waals surface area contributed by atoms with Gasteiger partial charge in [-0.25, -0.2) is 9.97 Å². The van der Waals surface area contributed by atoms with Crippen molar-refractivity contribution in [3.63, 3.8) is 0 Å². The normalized spacial score (nSPS) is 17.8. The number of hydrogen-bond donors (Lipinski definition) is 0. The van der Waals surface area contributed by atoms with Crippen LogP contribution in [0.25, 0.3) is 10.2 Å². The first kappa shape index (κ1) is 18.2. The maximum absolute atomic E-state index is 12.5. The highest BCUT2D eigenvalue weighted by molar-refractivity contribution is 8.00. The van der Waals surface area contributed by atoms with Gasteiger partial charge in [-0.2, -0.15) is 5.26 Å². The van der Waals surface area contributed by atoms with Gasteiger partial charge in [0.15, 0.2) is 0 Å². The van der Waals surface area contributed by atoms with Gasteiger partial charge in [0.25, 0.3) is 0 Å². The van der Waals surface area contributed by atoms with E-state index in [4.69, 9.17) is 5.26 Å². The van der Waals surface area contributed by atoms with Crippen molar-refractivity contribution in [2.75, 3.05) is 13.6 Å². The van der Waals surface area contributed by atoms with Crippen LogP contribution in [-0.2, 0) is 17.6 Å². The van der Waals surface area contributed by atoms with Gasteiger partial charge < -0.3 is 4.90 Å². The number of nitrogens with zero attached hydrogens (tertiary/aromatic N) is 4. The number of carbonyl (C=O) groups excluding carboxylic acids is 1. The van der Waals surface area contributed by atoms with Crippen LogP contribution in [0.1, 0.15) is 37.1 Å². The average molecular weight is 375 g/mol. The van der Waals surface area contributed by atoms with Crippen LogP contribution >= 0.6 is 23.1 Å². The van der Waals surface area contributed by atoms with Crippen molar-refractivity contribution in [3.05, 3.63) is 16.8 Å². The molecule has 5 nitrogen and oxygen atoms in total. The third kappa shape index (κ3) is 3.80. The number of aryl methyl sites for hydroxylation is 1. The molecule has 1 amide bonds. The number of thiophene rings is 1. The van der Waals surface area contributed by atoms with E-state index in [2.05, 4.69) is 23.0 Å². The van der Waals surface area contributed by atoms with Crippen molar-refractivity contribution in [1.29, 1.82) is 5.26 Å². The first-order chi connectivity index (χ1) is 12.0. The molecule has 0 aliphatic heterocycles. The molecule has 2 heterocycles. The molecule has 132 valence electrons. The standard InChI is InChI=1S/C18H22N4OS2/c1-11-5-6-13-14(9-11)25-17-15(13)16(20-10-21-17)24-12(2)18(23)22(3)8-4-7-19/h10-12H,4-6,8-9H2,1-3H3/t11-,12+/m1/s1. The van der Waals surface area contributed by atoms with E-state index in [1.165, 1.54) is 28.6 Å². The SMILES string of the molecule is C[C@@H]1CCc2c(sc3ncnc(S[C@@H](C)C(=O)N(C)CCC#N)c23)C1. The maximum Gasteiger partial charge on any atom is 0.235 e. The highest BCUT2D eigenvalue weighted by atomic mass is 32.2. The second kappa shape index (κ2) is 7.71. The van der Waals surface area contributed by atoms with Gasteiger partial charge in [0, 0.05) is 23.9 Å². The van der Waals surface area contributed by atoms with Gasteiger partial charge in [-0.1, -0.05) is 18.7 Å². The zero-order valence-corrected chi connectivity index (χ0v) is 16.4. The van der Waals surface area contributed by atoms with Gasteiger partial charge in [-0.05, 0) is 37.7 Å². The zero-order valence-electron chi connectivity index (χ0n) is 14.8. The highest BCUT2D eigenvalue weighted by Crippen LogP contribution is 2.41. The first-order valence-electron chi connectivity index (χ1n) is 8.55. The monoisotopic (exact) mass is 374 g/mol. The minimum Gasteiger partial charge on any atom is -0.344 e. The molecule has 3 rings (SSSR count). The van der Waals surface area contributed by atoms with Crippen LogP contribution in [0, 0.1) is 17.2 Å². The molecule has 0 saturated carbocycles. The molecule has 0 unspecified atom stereocenters. The Hall–Kier alpha value is -1.65. The minimum absolute atomic E-state index is 0.0322. The molecule has 2 aromatic heterocycles. The minimum atomic E-state index is -0.236. The molecular formula is C18H22N4OS2. The smallest absolute Gasteiger partial charge is 0.235 e. The lowest BCUT2D eigenvalue weighted by Crippen LogP contribution is -2.33. The fraction of sp³-hybridized carbons (Fsp3) is 0.556. The third-order valence-electron chi connectivity index (χ3n) is 4.63. The summed E-state index contributed by atoms with van der Waals surface area (Å²) in [6.45, 7) is 4.67. The molecule has 0 fully saturated rings. The Bertz CT molecular complexity index is 826. The second-order valence-corrected chi connectivity index (χ2v) is 9.05. The summed E-state index contributed by atoms with van der Waals surface area (Å²) in [5.74, 6) is 0.753. The van der Waals surface area contributed by atoms with E-state index in [1.54, 1.807) is 29.6 Å². The molecular weight excluding hydrogens is 352 g/mol. The molecule has 25 heavy (non-hydrogen) atoms.